The maximum Gasteiger partial charge on any atom is 0.140 e. The van der Waals surface area contributed by atoms with Crippen molar-refractivity contribution >= 4 is 21.7 Å². The summed E-state index contributed by atoms with van der Waals surface area (Å²) in [5.74, 6) is 0.952. The Hall–Kier alpha value is -1.35. The second kappa shape index (κ2) is 4.73. The largest absolute Gasteiger partial charge is 0.366 e. The van der Waals surface area contributed by atoms with E-state index in [1.807, 2.05) is 12.3 Å². The third-order valence-electron chi connectivity index (χ3n) is 3.47. The van der Waals surface area contributed by atoms with Gasteiger partial charge in [0.25, 0.3) is 0 Å². The molecule has 1 aromatic heterocycles. The molecule has 0 radical (unpaired) electrons. The van der Waals surface area contributed by atoms with Gasteiger partial charge in [-0.3, -0.25) is 0 Å². The van der Waals surface area contributed by atoms with Gasteiger partial charge in [-0.1, -0.05) is 24.3 Å². The van der Waals surface area contributed by atoms with E-state index in [4.69, 9.17) is 0 Å². The molecule has 0 aliphatic heterocycles. The van der Waals surface area contributed by atoms with Crippen molar-refractivity contribution in [3.05, 3.63) is 57.7 Å². The van der Waals surface area contributed by atoms with Gasteiger partial charge in [0.2, 0.25) is 0 Å². The van der Waals surface area contributed by atoms with Crippen molar-refractivity contribution in [2.24, 2.45) is 0 Å². The number of fused-ring (bicyclic) bond motifs is 1. The fourth-order valence-corrected chi connectivity index (χ4v) is 2.84. The first-order chi connectivity index (χ1) is 8.74. The summed E-state index contributed by atoms with van der Waals surface area (Å²) >= 11 is 3.60. The van der Waals surface area contributed by atoms with Crippen LogP contribution in [0.2, 0.25) is 0 Å². The minimum Gasteiger partial charge on any atom is -0.366 e. The molecule has 1 heterocycles. The predicted octanol–water partition coefficient (Wildman–Crippen LogP) is 3.73. The minimum absolute atomic E-state index is 0.452. The first-order valence-electron chi connectivity index (χ1n) is 6.18. The summed E-state index contributed by atoms with van der Waals surface area (Å²) < 4.78 is 1.07. The van der Waals surface area contributed by atoms with Gasteiger partial charge in [0.1, 0.15) is 5.82 Å². The van der Waals surface area contributed by atoms with Gasteiger partial charge in [0, 0.05) is 12.2 Å². The molecular weight excluding hydrogens is 288 g/mol. The molecule has 1 aliphatic carbocycles. The van der Waals surface area contributed by atoms with E-state index in [0.29, 0.717) is 6.04 Å². The van der Waals surface area contributed by atoms with Gasteiger partial charge in [-0.05, 0) is 58.5 Å². The van der Waals surface area contributed by atoms with Crippen molar-refractivity contribution in [2.75, 3.05) is 5.32 Å². The lowest BCUT2D eigenvalue weighted by molar-refractivity contribution is 0.767. The maximum absolute atomic E-state index is 4.41. The van der Waals surface area contributed by atoms with E-state index in [1.54, 1.807) is 0 Å². The van der Waals surface area contributed by atoms with Crippen LogP contribution in [0.1, 0.15) is 16.7 Å². The lowest BCUT2D eigenvalue weighted by Crippen LogP contribution is -2.20. The molecule has 0 spiro atoms. The third-order valence-corrected chi connectivity index (χ3v) is 4.48. The summed E-state index contributed by atoms with van der Waals surface area (Å²) in [6.07, 6.45) is 4.01. The summed E-state index contributed by atoms with van der Waals surface area (Å²) in [6.45, 7) is 2.08. The van der Waals surface area contributed by atoms with E-state index in [1.165, 1.54) is 16.7 Å². The molecule has 3 rings (SSSR count). The number of nitrogens with zero attached hydrogens (tertiary/aromatic N) is 1. The van der Waals surface area contributed by atoms with Gasteiger partial charge in [-0.15, -0.1) is 0 Å². The fourth-order valence-electron chi connectivity index (χ4n) is 2.50. The average molecular weight is 303 g/mol. The van der Waals surface area contributed by atoms with Crippen LogP contribution >= 0.6 is 15.9 Å². The molecule has 2 aromatic rings. The minimum atomic E-state index is 0.452. The standard InChI is InChI=1S/C15H15BrN2/c1-10-6-7-17-15(14(10)16)18-13-8-11-4-2-3-5-12(11)9-13/h2-7,13H,8-9H2,1H3,(H,17,18). The first-order valence-corrected chi connectivity index (χ1v) is 6.98. The van der Waals surface area contributed by atoms with E-state index >= 15 is 0 Å². The monoisotopic (exact) mass is 302 g/mol. The Morgan fingerprint density at radius 1 is 1.17 bits per heavy atom. The number of rotatable bonds is 2. The normalized spacial score (nSPS) is 14.6. The van der Waals surface area contributed by atoms with Crippen molar-refractivity contribution < 1.29 is 0 Å². The van der Waals surface area contributed by atoms with Crippen LogP contribution in [-0.2, 0) is 12.8 Å². The van der Waals surface area contributed by atoms with Crippen LogP contribution in [-0.4, -0.2) is 11.0 Å². The van der Waals surface area contributed by atoms with E-state index in [-0.39, 0.29) is 0 Å². The molecule has 0 unspecified atom stereocenters. The maximum atomic E-state index is 4.41. The molecule has 0 saturated heterocycles. The van der Waals surface area contributed by atoms with Gasteiger partial charge in [-0.25, -0.2) is 4.98 Å². The summed E-state index contributed by atoms with van der Waals surface area (Å²) in [4.78, 5) is 4.41. The first kappa shape index (κ1) is 11.7. The Morgan fingerprint density at radius 3 is 2.50 bits per heavy atom. The number of hydrogen-bond donors (Lipinski definition) is 1. The average Bonchev–Trinajstić information content (AvgIpc) is 2.77. The second-order valence-electron chi connectivity index (χ2n) is 4.81. The number of halogens is 1. The Balaban J connectivity index is 1.78. The lowest BCUT2D eigenvalue weighted by Gasteiger charge is -2.14. The number of nitrogens with one attached hydrogen (secondary N) is 1. The number of aromatic nitrogens is 1. The number of anilines is 1. The SMILES string of the molecule is Cc1ccnc(NC2Cc3ccccc3C2)c1Br. The van der Waals surface area contributed by atoms with Crippen LogP contribution in [0.25, 0.3) is 0 Å². The summed E-state index contributed by atoms with van der Waals surface area (Å²) in [5, 5.41) is 3.54. The molecule has 0 atom stereocenters. The molecule has 2 nitrogen and oxygen atoms in total. The van der Waals surface area contributed by atoms with Crippen molar-refractivity contribution in [2.45, 2.75) is 25.8 Å². The van der Waals surface area contributed by atoms with Crippen LogP contribution in [0.15, 0.2) is 41.0 Å². The Morgan fingerprint density at radius 2 is 1.83 bits per heavy atom. The van der Waals surface area contributed by atoms with Crippen LogP contribution < -0.4 is 5.32 Å². The molecule has 0 amide bonds. The van der Waals surface area contributed by atoms with E-state index < -0.39 is 0 Å². The number of pyridine rings is 1. The Bertz CT molecular complexity index is 555. The van der Waals surface area contributed by atoms with Crippen LogP contribution in [0.5, 0.6) is 0 Å². The smallest absolute Gasteiger partial charge is 0.140 e. The highest BCUT2D eigenvalue weighted by Crippen LogP contribution is 2.28. The number of benzene rings is 1. The van der Waals surface area contributed by atoms with Crippen LogP contribution in [0.4, 0.5) is 5.82 Å². The van der Waals surface area contributed by atoms with E-state index in [2.05, 4.69) is 57.4 Å². The zero-order chi connectivity index (χ0) is 12.5. The topological polar surface area (TPSA) is 24.9 Å². The Labute approximate surface area is 116 Å². The summed E-state index contributed by atoms with van der Waals surface area (Å²) in [7, 11) is 0. The molecular formula is C15H15BrN2. The molecule has 1 aromatic carbocycles. The fraction of sp³-hybridized carbons (Fsp3) is 0.267. The van der Waals surface area contributed by atoms with Gasteiger partial charge in [-0.2, -0.15) is 0 Å². The van der Waals surface area contributed by atoms with Crippen LogP contribution in [0, 0.1) is 6.92 Å². The van der Waals surface area contributed by atoms with Crippen LogP contribution in [0.3, 0.4) is 0 Å². The van der Waals surface area contributed by atoms with Crippen molar-refractivity contribution in [3.63, 3.8) is 0 Å². The number of aryl methyl sites for hydroxylation is 1. The van der Waals surface area contributed by atoms with Gasteiger partial charge >= 0.3 is 0 Å². The summed E-state index contributed by atoms with van der Waals surface area (Å²) in [5.41, 5.74) is 4.13. The lowest BCUT2D eigenvalue weighted by atomic mass is 10.1. The highest BCUT2D eigenvalue weighted by Gasteiger charge is 2.21. The molecule has 1 N–H and O–H groups in total. The molecule has 0 saturated carbocycles. The Kier molecular flexibility index (Phi) is 3.08. The molecule has 18 heavy (non-hydrogen) atoms. The molecule has 1 aliphatic rings. The molecule has 0 bridgehead atoms. The molecule has 3 heteroatoms. The molecule has 0 fully saturated rings. The van der Waals surface area contributed by atoms with Gasteiger partial charge in [0.15, 0.2) is 0 Å². The summed E-state index contributed by atoms with van der Waals surface area (Å²) in [6, 6.07) is 11.1. The third kappa shape index (κ3) is 2.15. The van der Waals surface area contributed by atoms with Crippen molar-refractivity contribution in [1.82, 2.24) is 4.98 Å². The molecule has 92 valence electrons. The highest BCUT2D eigenvalue weighted by atomic mass is 79.9. The zero-order valence-electron chi connectivity index (χ0n) is 10.3. The van der Waals surface area contributed by atoms with E-state index in [0.717, 1.165) is 23.1 Å². The number of hydrogen-bond acceptors (Lipinski definition) is 2. The van der Waals surface area contributed by atoms with Crippen molar-refractivity contribution in [3.8, 4) is 0 Å². The zero-order valence-corrected chi connectivity index (χ0v) is 11.9. The second-order valence-corrected chi connectivity index (χ2v) is 5.60. The quantitative estimate of drug-likeness (QED) is 0.914. The van der Waals surface area contributed by atoms with E-state index in [9.17, 15) is 0 Å². The van der Waals surface area contributed by atoms with Crippen molar-refractivity contribution in [1.29, 1.82) is 0 Å². The highest BCUT2D eigenvalue weighted by molar-refractivity contribution is 9.10. The van der Waals surface area contributed by atoms with Gasteiger partial charge < -0.3 is 5.32 Å². The van der Waals surface area contributed by atoms with Gasteiger partial charge in [0.05, 0.1) is 4.47 Å². The predicted molar refractivity (Wildman–Crippen MR) is 77.9 cm³/mol.